The van der Waals surface area contributed by atoms with Gasteiger partial charge in [0.15, 0.2) is 5.89 Å². The van der Waals surface area contributed by atoms with Crippen LogP contribution in [0.25, 0.3) is 0 Å². The summed E-state index contributed by atoms with van der Waals surface area (Å²) in [4.78, 5) is 19.3. The van der Waals surface area contributed by atoms with Crippen molar-refractivity contribution in [2.45, 2.75) is 31.6 Å². The van der Waals surface area contributed by atoms with Gasteiger partial charge in [0.1, 0.15) is 11.5 Å². The zero-order valence-electron chi connectivity index (χ0n) is 17.0. The Morgan fingerprint density at radius 2 is 2.13 bits per heavy atom. The second kappa shape index (κ2) is 9.35. The lowest BCUT2D eigenvalue weighted by atomic mass is 9.97. The molecule has 1 aliphatic heterocycles. The Bertz CT molecular complexity index is 1020. The number of methoxy groups -OCH3 is 1. The van der Waals surface area contributed by atoms with Gasteiger partial charge in [-0.15, -0.1) is 0 Å². The van der Waals surface area contributed by atoms with Crippen molar-refractivity contribution in [1.82, 2.24) is 9.88 Å². The third-order valence-corrected chi connectivity index (χ3v) is 5.88. The molecule has 4 rings (SSSR count). The first-order valence-electron chi connectivity index (χ1n) is 10.2. The number of aromatic nitrogens is 1. The van der Waals surface area contributed by atoms with Crippen molar-refractivity contribution in [2.75, 3.05) is 20.2 Å². The summed E-state index contributed by atoms with van der Waals surface area (Å²) >= 11 is 6.26. The molecule has 0 bridgehead atoms. The molecule has 1 atom stereocenters. The highest BCUT2D eigenvalue weighted by molar-refractivity contribution is 6.31. The molecular formula is C24H25ClN2O3. The highest BCUT2D eigenvalue weighted by Gasteiger charge is 2.28. The summed E-state index contributed by atoms with van der Waals surface area (Å²) in [7, 11) is 1.63. The fourth-order valence-electron chi connectivity index (χ4n) is 3.90. The van der Waals surface area contributed by atoms with Crippen LogP contribution in [0.4, 0.5) is 0 Å². The van der Waals surface area contributed by atoms with Gasteiger partial charge in [0, 0.05) is 24.5 Å². The highest BCUT2D eigenvalue weighted by Crippen LogP contribution is 2.28. The molecular weight excluding hydrogens is 400 g/mol. The summed E-state index contributed by atoms with van der Waals surface area (Å²) in [5.41, 5.74) is 1.97. The number of oxazole rings is 1. The number of ether oxygens (including phenoxy) is 1. The van der Waals surface area contributed by atoms with Crippen LogP contribution in [0.3, 0.4) is 0 Å². The van der Waals surface area contributed by atoms with Gasteiger partial charge in [0.05, 0.1) is 25.6 Å². The Morgan fingerprint density at radius 1 is 1.27 bits per heavy atom. The SMILES string of the molecule is COc1cccc(CC(=O)N2CCC[C@@H](c3ncc(Cc4ccccc4Cl)o3)C2)c1. The van der Waals surface area contributed by atoms with Crippen molar-refractivity contribution >= 4 is 17.5 Å². The molecule has 1 aliphatic rings. The average molecular weight is 425 g/mol. The Labute approximate surface area is 181 Å². The molecule has 0 radical (unpaired) electrons. The third kappa shape index (κ3) is 4.85. The Hall–Kier alpha value is -2.79. The number of hydrogen-bond acceptors (Lipinski definition) is 4. The van der Waals surface area contributed by atoms with Crippen molar-refractivity contribution in [3.05, 3.63) is 82.5 Å². The first-order valence-corrected chi connectivity index (χ1v) is 10.6. The molecule has 0 unspecified atom stereocenters. The second-order valence-electron chi connectivity index (χ2n) is 7.64. The lowest BCUT2D eigenvalue weighted by Crippen LogP contribution is -2.40. The zero-order chi connectivity index (χ0) is 20.9. The van der Waals surface area contributed by atoms with E-state index in [1.54, 1.807) is 13.3 Å². The fourth-order valence-corrected chi connectivity index (χ4v) is 4.10. The molecule has 1 amide bonds. The van der Waals surface area contributed by atoms with E-state index in [4.69, 9.17) is 20.8 Å². The Balaban J connectivity index is 1.39. The third-order valence-electron chi connectivity index (χ3n) is 5.51. The summed E-state index contributed by atoms with van der Waals surface area (Å²) < 4.78 is 11.3. The van der Waals surface area contributed by atoms with E-state index in [1.165, 1.54) is 0 Å². The van der Waals surface area contributed by atoms with Gasteiger partial charge in [0.25, 0.3) is 0 Å². The van der Waals surface area contributed by atoms with Crippen LogP contribution in [0, 0.1) is 0 Å². The second-order valence-corrected chi connectivity index (χ2v) is 8.05. The monoisotopic (exact) mass is 424 g/mol. The molecule has 0 N–H and O–H groups in total. The minimum Gasteiger partial charge on any atom is -0.497 e. The Kier molecular flexibility index (Phi) is 6.38. The fraction of sp³-hybridized carbons (Fsp3) is 0.333. The predicted octanol–water partition coefficient (Wildman–Crippen LogP) is 4.88. The highest BCUT2D eigenvalue weighted by atomic mass is 35.5. The van der Waals surface area contributed by atoms with Crippen molar-refractivity contribution in [1.29, 1.82) is 0 Å². The van der Waals surface area contributed by atoms with E-state index in [1.807, 2.05) is 53.4 Å². The molecule has 1 fully saturated rings. The van der Waals surface area contributed by atoms with Crippen LogP contribution in [0.5, 0.6) is 5.75 Å². The predicted molar refractivity (Wildman–Crippen MR) is 116 cm³/mol. The average Bonchev–Trinajstić information content (AvgIpc) is 3.24. The number of hydrogen-bond donors (Lipinski definition) is 0. The number of piperidine rings is 1. The lowest BCUT2D eigenvalue weighted by Gasteiger charge is -2.31. The van der Waals surface area contributed by atoms with Gasteiger partial charge in [-0.25, -0.2) is 4.98 Å². The molecule has 0 spiro atoms. The summed E-state index contributed by atoms with van der Waals surface area (Å²) in [6.07, 6.45) is 4.66. The van der Waals surface area contributed by atoms with Crippen molar-refractivity contribution in [3.63, 3.8) is 0 Å². The number of rotatable bonds is 6. The van der Waals surface area contributed by atoms with E-state index < -0.39 is 0 Å². The molecule has 0 saturated carbocycles. The Morgan fingerprint density at radius 3 is 2.97 bits per heavy atom. The standard InChI is InChI=1S/C24H25ClN2O3/c1-29-20-9-4-6-17(12-20)13-23(28)27-11-5-8-19(16-27)24-26-15-21(30-24)14-18-7-2-3-10-22(18)25/h2-4,6-7,9-10,12,15,19H,5,8,11,13-14,16H2,1H3/t19-/m1/s1. The minimum absolute atomic E-state index is 0.119. The molecule has 30 heavy (non-hydrogen) atoms. The smallest absolute Gasteiger partial charge is 0.227 e. The van der Waals surface area contributed by atoms with Gasteiger partial charge in [-0.3, -0.25) is 4.79 Å². The van der Waals surface area contributed by atoms with Crippen LogP contribution in [0.1, 0.15) is 41.5 Å². The molecule has 1 aromatic heterocycles. The summed E-state index contributed by atoms with van der Waals surface area (Å²) in [5.74, 6) is 2.50. The van der Waals surface area contributed by atoms with Gasteiger partial charge in [0.2, 0.25) is 5.91 Å². The number of carbonyl (C=O) groups is 1. The minimum atomic E-state index is 0.119. The first-order chi connectivity index (χ1) is 14.6. The molecule has 3 aromatic rings. The summed E-state index contributed by atoms with van der Waals surface area (Å²) in [6.45, 7) is 1.40. The first kappa shape index (κ1) is 20.5. The quantitative estimate of drug-likeness (QED) is 0.566. The number of amides is 1. The van der Waals surface area contributed by atoms with Crippen LogP contribution < -0.4 is 4.74 Å². The van der Waals surface area contributed by atoms with Crippen LogP contribution >= 0.6 is 11.6 Å². The maximum atomic E-state index is 12.8. The number of benzene rings is 2. The maximum absolute atomic E-state index is 12.8. The molecule has 2 heterocycles. The van der Waals surface area contributed by atoms with Gasteiger partial charge < -0.3 is 14.1 Å². The van der Waals surface area contributed by atoms with E-state index >= 15 is 0 Å². The van der Waals surface area contributed by atoms with Gasteiger partial charge in [-0.05, 0) is 42.2 Å². The van der Waals surface area contributed by atoms with Gasteiger partial charge in [-0.1, -0.05) is 41.9 Å². The van der Waals surface area contributed by atoms with E-state index in [2.05, 4.69) is 4.98 Å². The summed E-state index contributed by atoms with van der Waals surface area (Å²) in [5, 5.41) is 0.724. The zero-order valence-corrected chi connectivity index (χ0v) is 17.8. The number of carbonyl (C=O) groups excluding carboxylic acids is 1. The number of likely N-dealkylation sites (tertiary alicyclic amines) is 1. The van der Waals surface area contributed by atoms with Crippen LogP contribution in [0.2, 0.25) is 5.02 Å². The molecule has 1 saturated heterocycles. The molecule has 5 nitrogen and oxygen atoms in total. The largest absolute Gasteiger partial charge is 0.497 e. The van der Waals surface area contributed by atoms with E-state index in [0.29, 0.717) is 25.3 Å². The van der Waals surface area contributed by atoms with E-state index in [-0.39, 0.29) is 11.8 Å². The number of nitrogens with zero attached hydrogens (tertiary/aromatic N) is 2. The van der Waals surface area contributed by atoms with Crippen molar-refractivity contribution in [3.8, 4) is 5.75 Å². The van der Waals surface area contributed by atoms with Crippen LogP contribution in [-0.2, 0) is 17.6 Å². The lowest BCUT2D eigenvalue weighted by molar-refractivity contribution is -0.131. The van der Waals surface area contributed by atoms with Crippen molar-refractivity contribution < 1.29 is 13.9 Å². The van der Waals surface area contributed by atoms with E-state index in [0.717, 1.165) is 47.0 Å². The number of halogens is 1. The maximum Gasteiger partial charge on any atom is 0.227 e. The van der Waals surface area contributed by atoms with Gasteiger partial charge in [-0.2, -0.15) is 0 Å². The normalized spacial score (nSPS) is 16.5. The summed E-state index contributed by atoms with van der Waals surface area (Å²) in [6, 6.07) is 15.4. The van der Waals surface area contributed by atoms with Crippen LogP contribution in [-0.4, -0.2) is 36.0 Å². The van der Waals surface area contributed by atoms with Gasteiger partial charge >= 0.3 is 0 Å². The topological polar surface area (TPSA) is 55.6 Å². The molecule has 156 valence electrons. The molecule has 2 aromatic carbocycles. The van der Waals surface area contributed by atoms with Crippen molar-refractivity contribution in [2.24, 2.45) is 0 Å². The van der Waals surface area contributed by atoms with Crippen LogP contribution in [0.15, 0.2) is 59.1 Å². The van der Waals surface area contributed by atoms with E-state index in [9.17, 15) is 4.79 Å². The molecule has 0 aliphatic carbocycles. The molecule has 6 heteroatoms.